The number of H-pyrrole nitrogens is 1. The van der Waals surface area contributed by atoms with Gasteiger partial charge in [-0.05, 0) is 30.7 Å². The van der Waals surface area contributed by atoms with E-state index in [-0.39, 0.29) is 23.7 Å². The van der Waals surface area contributed by atoms with Crippen LogP contribution < -0.4 is 11.2 Å². The maximum Gasteiger partial charge on any atom is 0.337 e. The summed E-state index contributed by atoms with van der Waals surface area (Å²) in [5.74, 6) is -0.529. The van der Waals surface area contributed by atoms with Crippen LogP contribution in [-0.4, -0.2) is 53.8 Å². The molecular weight excluding hydrogens is 398 g/mol. The number of rotatable bonds is 5. The van der Waals surface area contributed by atoms with E-state index in [9.17, 15) is 14.4 Å². The molecule has 0 radical (unpaired) electrons. The summed E-state index contributed by atoms with van der Waals surface area (Å²) in [6.07, 6.45) is 0. The maximum absolute atomic E-state index is 13.2. The molecule has 8 heteroatoms. The first-order chi connectivity index (χ1) is 15.0. The Morgan fingerprint density at radius 1 is 1.16 bits per heavy atom. The average molecular weight is 423 g/mol. The van der Waals surface area contributed by atoms with Gasteiger partial charge in [-0.2, -0.15) is 0 Å². The molecule has 31 heavy (non-hydrogen) atoms. The number of nitrogens with one attached hydrogen (secondary N) is 1. The van der Waals surface area contributed by atoms with Crippen LogP contribution in [0, 0.1) is 6.92 Å². The number of hydrogen-bond acceptors (Lipinski definition) is 6. The number of carbonyl (C=O) groups is 1. The molecule has 0 spiro atoms. The lowest BCUT2D eigenvalue weighted by Gasteiger charge is -2.35. The monoisotopic (exact) mass is 423 g/mol. The van der Waals surface area contributed by atoms with Gasteiger partial charge in [-0.1, -0.05) is 29.8 Å². The molecule has 1 fully saturated rings. The number of aromatic amines is 1. The molecular formula is C23H25N3O5. The molecule has 8 nitrogen and oxygen atoms in total. The molecule has 0 amide bonds. The number of aromatic nitrogens is 2. The molecule has 2 aromatic carbocycles. The number of ether oxygens (including phenoxy) is 2. The molecule has 3 aromatic rings. The number of nitrogens with zero attached hydrogens (tertiary/aromatic N) is 2. The van der Waals surface area contributed by atoms with Gasteiger partial charge in [0.1, 0.15) is 0 Å². The number of aryl methyl sites for hydroxylation is 1. The Hall–Kier alpha value is -3.23. The molecule has 0 aliphatic carbocycles. The first-order valence-corrected chi connectivity index (χ1v) is 10.2. The van der Waals surface area contributed by atoms with Gasteiger partial charge in [-0.25, -0.2) is 9.59 Å². The van der Waals surface area contributed by atoms with Gasteiger partial charge in [-0.15, -0.1) is 0 Å². The van der Waals surface area contributed by atoms with Crippen LogP contribution in [0.1, 0.15) is 27.5 Å². The van der Waals surface area contributed by atoms with Crippen LogP contribution in [0.15, 0.2) is 52.1 Å². The first kappa shape index (κ1) is 21.0. The molecule has 0 unspecified atom stereocenters. The summed E-state index contributed by atoms with van der Waals surface area (Å²) in [7, 11) is 1.28. The van der Waals surface area contributed by atoms with Crippen molar-refractivity contribution in [3.63, 3.8) is 0 Å². The van der Waals surface area contributed by atoms with E-state index in [0.29, 0.717) is 24.1 Å². The highest BCUT2D eigenvalue weighted by atomic mass is 16.5. The molecule has 1 saturated heterocycles. The molecule has 162 valence electrons. The molecule has 1 aliphatic heterocycles. The van der Waals surface area contributed by atoms with Crippen molar-refractivity contribution in [2.45, 2.75) is 19.5 Å². The minimum atomic E-state index is -0.529. The highest BCUT2D eigenvalue weighted by molar-refractivity contribution is 5.93. The number of hydrogen-bond donors (Lipinski definition) is 1. The summed E-state index contributed by atoms with van der Waals surface area (Å²) in [6.45, 7) is 4.91. The van der Waals surface area contributed by atoms with Gasteiger partial charge in [0.15, 0.2) is 0 Å². The van der Waals surface area contributed by atoms with E-state index < -0.39 is 11.7 Å². The maximum atomic E-state index is 13.2. The topological polar surface area (TPSA) is 93.6 Å². The third-order valence-corrected chi connectivity index (χ3v) is 5.67. The second kappa shape index (κ2) is 8.87. The molecule has 1 aliphatic rings. The number of benzene rings is 2. The molecule has 1 aromatic heterocycles. The van der Waals surface area contributed by atoms with Crippen LogP contribution in [0.3, 0.4) is 0 Å². The minimum Gasteiger partial charge on any atom is -0.465 e. The third-order valence-electron chi connectivity index (χ3n) is 5.67. The van der Waals surface area contributed by atoms with Gasteiger partial charge in [0.05, 0.1) is 49.4 Å². The molecule has 1 N–H and O–H groups in total. The van der Waals surface area contributed by atoms with E-state index in [0.717, 1.165) is 24.2 Å². The molecule has 0 bridgehead atoms. The van der Waals surface area contributed by atoms with Crippen molar-refractivity contribution in [3.05, 3.63) is 80.0 Å². The summed E-state index contributed by atoms with van der Waals surface area (Å²) < 4.78 is 11.4. The molecule has 0 saturated carbocycles. The van der Waals surface area contributed by atoms with Crippen LogP contribution in [-0.2, 0) is 16.0 Å². The third kappa shape index (κ3) is 4.30. The Labute approximate surface area is 179 Å². The zero-order valence-electron chi connectivity index (χ0n) is 17.6. The summed E-state index contributed by atoms with van der Waals surface area (Å²) >= 11 is 0. The minimum absolute atomic E-state index is 0.144. The number of esters is 1. The first-order valence-electron chi connectivity index (χ1n) is 10.2. The Kier molecular flexibility index (Phi) is 6.01. The Balaban J connectivity index is 1.77. The van der Waals surface area contributed by atoms with Crippen molar-refractivity contribution < 1.29 is 14.3 Å². The fourth-order valence-corrected chi connectivity index (χ4v) is 4.04. The van der Waals surface area contributed by atoms with Crippen LogP contribution in [0.4, 0.5) is 0 Å². The smallest absolute Gasteiger partial charge is 0.337 e. The normalized spacial score (nSPS) is 15.7. The number of morpholine rings is 1. The molecule has 1 atom stereocenters. The Morgan fingerprint density at radius 3 is 2.65 bits per heavy atom. The zero-order chi connectivity index (χ0) is 22.0. The van der Waals surface area contributed by atoms with E-state index in [4.69, 9.17) is 9.47 Å². The molecule has 2 heterocycles. The van der Waals surface area contributed by atoms with Crippen LogP contribution in [0.25, 0.3) is 10.9 Å². The predicted octanol–water partition coefficient (Wildman–Crippen LogP) is 1.86. The van der Waals surface area contributed by atoms with Gasteiger partial charge in [0.25, 0.3) is 5.56 Å². The fraction of sp³-hybridized carbons (Fsp3) is 0.348. The quantitative estimate of drug-likeness (QED) is 0.630. The SMILES string of the molecule is COC(=O)c1ccc2c(=O)n(C[C@@H](c3cccc(C)c3)N3CCOCC3)c(=O)[nH]c2c1. The summed E-state index contributed by atoms with van der Waals surface area (Å²) in [5.41, 5.74) is 1.85. The van der Waals surface area contributed by atoms with Crippen molar-refractivity contribution in [2.75, 3.05) is 33.4 Å². The van der Waals surface area contributed by atoms with Crippen LogP contribution in [0.5, 0.6) is 0 Å². The lowest BCUT2D eigenvalue weighted by Crippen LogP contribution is -2.44. The van der Waals surface area contributed by atoms with Gasteiger partial charge in [0, 0.05) is 13.1 Å². The Morgan fingerprint density at radius 2 is 1.94 bits per heavy atom. The van der Waals surface area contributed by atoms with E-state index in [1.807, 2.05) is 25.1 Å². The lowest BCUT2D eigenvalue weighted by molar-refractivity contribution is 0.0119. The van der Waals surface area contributed by atoms with Crippen molar-refractivity contribution in [1.29, 1.82) is 0 Å². The van der Waals surface area contributed by atoms with E-state index in [1.54, 1.807) is 6.07 Å². The van der Waals surface area contributed by atoms with Crippen molar-refractivity contribution >= 4 is 16.9 Å². The largest absolute Gasteiger partial charge is 0.465 e. The highest BCUT2D eigenvalue weighted by Crippen LogP contribution is 2.24. The second-order valence-corrected chi connectivity index (χ2v) is 7.68. The number of methoxy groups -OCH3 is 1. The van der Waals surface area contributed by atoms with Gasteiger partial charge in [0.2, 0.25) is 0 Å². The van der Waals surface area contributed by atoms with Crippen LogP contribution in [0.2, 0.25) is 0 Å². The second-order valence-electron chi connectivity index (χ2n) is 7.68. The molecule has 4 rings (SSSR count). The Bertz CT molecular complexity index is 1220. The standard InChI is InChI=1S/C23H25N3O5/c1-15-4-3-5-16(12-15)20(25-8-10-31-11-9-25)14-26-21(27)18-7-6-17(22(28)30-2)13-19(18)24-23(26)29/h3-7,12-13,20H,8-11,14H2,1-2H3,(H,24,29)/t20-/m0/s1. The van der Waals surface area contributed by atoms with Crippen molar-refractivity contribution in [3.8, 4) is 0 Å². The van der Waals surface area contributed by atoms with Crippen LogP contribution >= 0.6 is 0 Å². The highest BCUT2D eigenvalue weighted by Gasteiger charge is 2.25. The summed E-state index contributed by atoms with van der Waals surface area (Å²) in [6, 6.07) is 12.5. The van der Waals surface area contributed by atoms with E-state index in [1.165, 1.54) is 23.8 Å². The van der Waals surface area contributed by atoms with Crippen molar-refractivity contribution in [1.82, 2.24) is 14.5 Å². The van der Waals surface area contributed by atoms with E-state index in [2.05, 4.69) is 16.0 Å². The van der Waals surface area contributed by atoms with Crippen molar-refractivity contribution in [2.24, 2.45) is 0 Å². The summed E-state index contributed by atoms with van der Waals surface area (Å²) in [5, 5.41) is 0.345. The zero-order valence-corrected chi connectivity index (χ0v) is 17.6. The van der Waals surface area contributed by atoms with Gasteiger partial charge < -0.3 is 14.5 Å². The average Bonchev–Trinajstić information content (AvgIpc) is 2.78. The fourth-order valence-electron chi connectivity index (χ4n) is 4.04. The van der Waals surface area contributed by atoms with Gasteiger partial charge >= 0.3 is 11.7 Å². The predicted molar refractivity (Wildman–Crippen MR) is 116 cm³/mol. The number of fused-ring (bicyclic) bond motifs is 1. The van der Waals surface area contributed by atoms with Gasteiger partial charge in [-0.3, -0.25) is 14.3 Å². The lowest BCUT2D eigenvalue weighted by atomic mass is 10.0. The summed E-state index contributed by atoms with van der Waals surface area (Å²) in [4.78, 5) is 42.8. The number of carbonyl (C=O) groups excluding carboxylic acids is 1. The van der Waals surface area contributed by atoms with E-state index >= 15 is 0 Å².